The molecule has 1 aromatic heterocycles. The van der Waals surface area contributed by atoms with Crippen LogP contribution in [0.25, 0.3) is 11.4 Å². The van der Waals surface area contributed by atoms with Crippen molar-refractivity contribution in [3.05, 3.63) is 90.0 Å². The standard InChI is InChI=1S/C26H25N3O3S/c1-31-21-12-8-11-20(17-21)23(30)18-33-26-28-27-25(22-13-6-7-14-24(22)32-2)29(26)16-15-19-9-4-3-5-10-19/h3-14,17H,15-16,18H2,1-2H3. The number of aromatic nitrogens is 3. The van der Waals surface area contributed by atoms with Crippen molar-refractivity contribution in [1.29, 1.82) is 0 Å². The number of nitrogens with zero attached hydrogens (tertiary/aromatic N) is 3. The van der Waals surface area contributed by atoms with Gasteiger partial charge in [-0.2, -0.15) is 0 Å². The molecule has 168 valence electrons. The van der Waals surface area contributed by atoms with Crippen molar-refractivity contribution in [2.75, 3.05) is 20.0 Å². The molecular weight excluding hydrogens is 434 g/mol. The Labute approximate surface area is 197 Å². The van der Waals surface area contributed by atoms with Gasteiger partial charge >= 0.3 is 0 Å². The Morgan fingerprint density at radius 2 is 1.70 bits per heavy atom. The average Bonchev–Trinajstić information content (AvgIpc) is 3.29. The van der Waals surface area contributed by atoms with Crippen LogP contribution in [-0.4, -0.2) is 40.5 Å². The summed E-state index contributed by atoms with van der Waals surface area (Å²) in [6.45, 7) is 0.681. The van der Waals surface area contributed by atoms with Crippen molar-refractivity contribution in [1.82, 2.24) is 14.8 Å². The molecule has 0 N–H and O–H groups in total. The second-order valence-corrected chi connectivity index (χ2v) is 8.28. The van der Waals surface area contributed by atoms with Gasteiger partial charge in [0, 0.05) is 12.1 Å². The predicted octanol–water partition coefficient (Wildman–Crippen LogP) is 5.18. The summed E-state index contributed by atoms with van der Waals surface area (Å²) in [6.07, 6.45) is 0.818. The van der Waals surface area contributed by atoms with E-state index in [2.05, 4.69) is 26.9 Å². The van der Waals surface area contributed by atoms with Gasteiger partial charge in [0.2, 0.25) is 0 Å². The molecule has 0 bridgehead atoms. The Bertz CT molecular complexity index is 1220. The highest BCUT2D eigenvalue weighted by Gasteiger charge is 2.19. The van der Waals surface area contributed by atoms with Gasteiger partial charge in [-0.05, 0) is 36.2 Å². The van der Waals surface area contributed by atoms with E-state index in [9.17, 15) is 4.79 Å². The van der Waals surface area contributed by atoms with Gasteiger partial charge in [-0.3, -0.25) is 4.79 Å². The van der Waals surface area contributed by atoms with E-state index in [1.807, 2.05) is 54.6 Å². The molecule has 0 fully saturated rings. The molecule has 0 amide bonds. The quantitative estimate of drug-likeness (QED) is 0.240. The van der Waals surface area contributed by atoms with Crippen molar-refractivity contribution >= 4 is 17.5 Å². The molecule has 0 aliphatic carbocycles. The van der Waals surface area contributed by atoms with Crippen molar-refractivity contribution in [3.8, 4) is 22.9 Å². The lowest BCUT2D eigenvalue weighted by Crippen LogP contribution is -2.08. The number of carbonyl (C=O) groups is 1. The van der Waals surface area contributed by atoms with Crippen LogP contribution < -0.4 is 9.47 Å². The summed E-state index contributed by atoms with van der Waals surface area (Å²) in [5, 5.41) is 9.59. The molecule has 0 unspecified atom stereocenters. The van der Waals surface area contributed by atoms with Gasteiger partial charge in [0.15, 0.2) is 16.8 Å². The Hall–Kier alpha value is -3.58. The van der Waals surface area contributed by atoms with Crippen molar-refractivity contribution in [2.45, 2.75) is 18.1 Å². The van der Waals surface area contributed by atoms with Gasteiger partial charge < -0.3 is 14.0 Å². The van der Waals surface area contributed by atoms with Crippen molar-refractivity contribution < 1.29 is 14.3 Å². The second kappa shape index (κ2) is 10.8. The number of aryl methyl sites for hydroxylation is 1. The predicted molar refractivity (Wildman–Crippen MR) is 130 cm³/mol. The van der Waals surface area contributed by atoms with Crippen LogP contribution in [-0.2, 0) is 13.0 Å². The molecule has 0 aliphatic rings. The van der Waals surface area contributed by atoms with E-state index in [4.69, 9.17) is 9.47 Å². The SMILES string of the molecule is COc1cccc(C(=O)CSc2nnc(-c3ccccc3OC)n2CCc2ccccc2)c1. The van der Waals surface area contributed by atoms with Crippen LogP contribution in [0.15, 0.2) is 84.0 Å². The van der Waals surface area contributed by atoms with E-state index >= 15 is 0 Å². The van der Waals surface area contributed by atoms with Crippen molar-refractivity contribution in [2.24, 2.45) is 0 Å². The van der Waals surface area contributed by atoms with Gasteiger partial charge in [0.05, 0.1) is 25.5 Å². The van der Waals surface area contributed by atoms with E-state index in [0.29, 0.717) is 23.0 Å². The number of rotatable bonds is 10. The number of ether oxygens (including phenoxy) is 2. The normalized spacial score (nSPS) is 10.7. The summed E-state index contributed by atoms with van der Waals surface area (Å²) in [4.78, 5) is 12.8. The highest BCUT2D eigenvalue weighted by atomic mass is 32.2. The minimum atomic E-state index is 0.00958. The Kier molecular flexibility index (Phi) is 7.42. The summed E-state index contributed by atoms with van der Waals surface area (Å²) in [7, 11) is 3.24. The third kappa shape index (κ3) is 5.43. The zero-order valence-electron chi connectivity index (χ0n) is 18.6. The minimum absolute atomic E-state index is 0.00958. The molecule has 0 aliphatic heterocycles. The molecule has 1 heterocycles. The minimum Gasteiger partial charge on any atom is -0.497 e. The van der Waals surface area contributed by atoms with Crippen LogP contribution in [0, 0.1) is 0 Å². The lowest BCUT2D eigenvalue weighted by Gasteiger charge is -2.12. The average molecular weight is 460 g/mol. The van der Waals surface area contributed by atoms with Crippen molar-refractivity contribution in [3.63, 3.8) is 0 Å². The number of para-hydroxylation sites is 1. The molecule has 0 saturated heterocycles. The summed E-state index contributed by atoms with van der Waals surface area (Å²) in [5.74, 6) is 2.38. The summed E-state index contributed by atoms with van der Waals surface area (Å²) in [6, 6.07) is 25.2. The van der Waals surface area contributed by atoms with E-state index in [1.165, 1.54) is 17.3 Å². The zero-order valence-corrected chi connectivity index (χ0v) is 19.4. The Morgan fingerprint density at radius 1 is 0.909 bits per heavy atom. The fourth-order valence-electron chi connectivity index (χ4n) is 3.52. The fourth-order valence-corrected chi connectivity index (χ4v) is 4.38. The maximum absolute atomic E-state index is 12.8. The maximum atomic E-state index is 12.8. The monoisotopic (exact) mass is 459 g/mol. The van der Waals surface area contributed by atoms with Gasteiger partial charge in [0.1, 0.15) is 11.5 Å². The fraction of sp³-hybridized carbons (Fsp3) is 0.192. The molecule has 6 nitrogen and oxygen atoms in total. The maximum Gasteiger partial charge on any atom is 0.191 e. The molecule has 7 heteroatoms. The molecule has 0 radical (unpaired) electrons. The first-order valence-electron chi connectivity index (χ1n) is 10.6. The van der Waals surface area contributed by atoms with Gasteiger partial charge in [-0.25, -0.2) is 0 Å². The topological polar surface area (TPSA) is 66.2 Å². The second-order valence-electron chi connectivity index (χ2n) is 7.34. The molecule has 3 aromatic carbocycles. The number of hydrogen-bond acceptors (Lipinski definition) is 6. The molecule has 0 atom stereocenters. The first-order valence-corrected chi connectivity index (χ1v) is 11.6. The van der Waals surface area contributed by atoms with Crippen LogP contribution in [0.1, 0.15) is 15.9 Å². The summed E-state index contributed by atoms with van der Waals surface area (Å²) < 4.78 is 12.9. The van der Waals surface area contributed by atoms with Crippen LogP contribution >= 0.6 is 11.8 Å². The summed E-state index contributed by atoms with van der Waals surface area (Å²) in [5.41, 5.74) is 2.70. The molecule has 0 spiro atoms. The molecule has 4 aromatic rings. The smallest absolute Gasteiger partial charge is 0.191 e. The van der Waals surface area contributed by atoms with Gasteiger partial charge in [-0.15, -0.1) is 10.2 Å². The highest BCUT2D eigenvalue weighted by Crippen LogP contribution is 2.31. The highest BCUT2D eigenvalue weighted by molar-refractivity contribution is 7.99. The first kappa shape index (κ1) is 22.6. The largest absolute Gasteiger partial charge is 0.497 e. The number of Topliss-reactive ketones (excluding diaryl/α,β-unsaturated/α-hetero) is 1. The number of hydrogen-bond donors (Lipinski definition) is 0. The van der Waals surface area contributed by atoms with E-state index in [0.717, 1.165) is 23.6 Å². The third-order valence-electron chi connectivity index (χ3n) is 5.26. The van der Waals surface area contributed by atoms with E-state index in [1.54, 1.807) is 26.4 Å². The third-order valence-corrected chi connectivity index (χ3v) is 6.22. The molecule has 0 saturated carbocycles. The lowest BCUT2D eigenvalue weighted by molar-refractivity contribution is 0.102. The van der Waals surface area contributed by atoms with E-state index < -0.39 is 0 Å². The summed E-state index contributed by atoms with van der Waals surface area (Å²) >= 11 is 1.39. The lowest BCUT2D eigenvalue weighted by atomic mass is 10.1. The van der Waals surface area contributed by atoms with Crippen LogP contribution in [0.5, 0.6) is 11.5 Å². The van der Waals surface area contributed by atoms with Crippen LogP contribution in [0.3, 0.4) is 0 Å². The Morgan fingerprint density at radius 3 is 2.48 bits per heavy atom. The number of thioether (sulfide) groups is 1. The zero-order chi connectivity index (χ0) is 23.0. The number of carbonyl (C=O) groups excluding carboxylic acids is 1. The Balaban J connectivity index is 1.60. The number of benzene rings is 3. The first-order chi connectivity index (χ1) is 16.2. The van der Waals surface area contributed by atoms with Crippen LogP contribution in [0.4, 0.5) is 0 Å². The van der Waals surface area contributed by atoms with Crippen LogP contribution in [0.2, 0.25) is 0 Å². The number of methoxy groups -OCH3 is 2. The molecular formula is C26H25N3O3S. The molecule has 4 rings (SSSR count). The number of ketones is 1. The van der Waals surface area contributed by atoms with Gasteiger partial charge in [0.25, 0.3) is 0 Å². The van der Waals surface area contributed by atoms with E-state index in [-0.39, 0.29) is 11.5 Å². The molecule has 33 heavy (non-hydrogen) atoms. The van der Waals surface area contributed by atoms with Gasteiger partial charge in [-0.1, -0.05) is 66.4 Å².